The monoisotopic (exact) mass is 331 g/mol. The Morgan fingerprint density at radius 2 is 2.00 bits per heavy atom. The topological polar surface area (TPSA) is 84.9 Å². The van der Waals surface area contributed by atoms with Gasteiger partial charge in [0.05, 0.1) is 6.42 Å². The van der Waals surface area contributed by atoms with Crippen LogP contribution in [0.3, 0.4) is 0 Å². The Hall–Kier alpha value is -1.76. The van der Waals surface area contributed by atoms with Gasteiger partial charge in [0.15, 0.2) is 23.4 Å². The molecule has 4 rings (SSSR count). The number of Topliss-reactive ketones (excluding diaryl/α,β-unsaturated/α-hetero) is 1. The zero-order valence-corrected chi connectivity index (χ0v) is 13.7. The molecule has 1 aromatic rings. The molecule has 0 saturated carbocycles. The van der Waals surface area contributed by atoms with Crippen molar-refractivity contribution in [2.75, 3.05) is 0 Å². The van der Waals surface area contributed by atoms with Crippen LogP contribution in [0.1, 0.15) is 32.3 Å². The van der Waals surface area contributed by atoms with E-state index in [1.54, 1.807) is 0 Å². The van der Waals surface area contributed by atoms with Crippen molar-refractivity contribution in [3.63, 3.8) is 0 Å². The van der Waals surface area contributed by atoms with Gasteiger partial charge in [-0.2, -0.15) is 0 Å². The molecule has 24 heavy (non-hydrogen) atoms. The fraction of sp³-hybridized carbons (Fsp3) is 0.556. The van der Waals surface area contributed by atoms with E-state index >= 15 is 0 Å². The first-order valence-electron chi connectivity index (χ1n) is 8.30. The number of ketones is 1. The van der Waals surface area contributed by atoms with Crippen LogP contribution in [0.25, 0.3) is 0 Å². The molecule has 4 atom stereocenters. The summed E-state index contributed by atoms with van der Waals surface area (Å²) >= 11 is 0. The van der Waals surface area contributed by atoms with Crippen LogP contribution in [0, 0.1) is 5.92 Å². The smallest absolute Gasteiger partial charge is 0.265 e. The number of ether oxygens (including phenoxy) is 2. The fourth-order valence-electron chi connectivity index (χ4n) is 4.22. The van der Waals surface area contributed by atoms with Gasteiger partial charge in [-0.15, -0.1) is 0 Å². The highest BCUT2D eigenvalue weighted by Gasteiger charge is 2.78. The zero-order valence-electron chi connectivity index (χ0n) is 13.7. The summed E-state index contributed by atoms with van der Waals surface area (Å²) in [5.41, 5.74) is -2.33. The van der Waals surface area contributed by atoms with Gasteiger partial charge in [0.2, 0.25) is 5.60 Å². The fourth-order valence-corrected chi connectivity index (χ4v) is 4.22. The molecule has 128 valence electrons. The summed E-state index contributed by atoms with van der Waals surface area (Å²) in [6.07, 6.45) is -0.288. The predicted molar refractivity (Wildman–Crippen MR) is 83.7 cm³/mol. The lowest BCUT2D eigenvalue weighted by Crippen LogP contribution is -2.60. The lowest BCUT2D eigenvalue weighted by molar-refractivity contribution is -0.231. The van der Waals surface area contributed by atoms with Crippen molar-refractivity contribution in [1.82, 2.24) is 5.32 Å². The molecular formula is C18H21NO5. The van der Waals surface area contributed by atoms with Gasteiger partial charge in [-0.3, -0.25) is 9.59 Å². The van der Waals surface area contributed by atoms with Gasteiger partial charge in [0.25, 0.3) is 5.91 Å². The number of carbonyl (C=O) groups excluding carboxylic acids is 2. The van der Waals surface area contributed by atoms with E-state index in [4.69, 9.17) is 9.47 Å². The van der Waals surface area contributed by atoms with Crippen molar-refractivity contribution in [3.05, 3.63) is 35.9 Å². The molecule has 0 aliphatic carbocycles. The maximum Gasteiger partial charge on any atom is 0.265 e. The van der Waals surface area contributed by atoms with Crippen molar-refractivity contribution in [2.24, 2.45) is 5.92 Å². The summed E-state index contributed by atoms with van der Waals surface area (Å²) < 4.78 is 12.3. The number of fused-ring (bicyclic) bond motifs is 1. The number of rotatable bonds is 4. The minimum Gasteiger partial charge on any atom is -0.371 e. The SMILES string of the molecule is CC(C)C[C@@]12NC(=O)[C@]3(O)C(=O)C[C@@](Cc4ccccc4)(O[C@@H]31)O2. The molecule has 2 bridgehead atoms. The van der Waals surface area contributed by atoms with Gasteiger partial charge in [0.1, 0.15) is 0 Å². The van der Waals surface area contributed by atoms with Crippen LogP contribution in [0.2, 0.25) is 0 Å². The van der Waals surface area contributed by atoms with E-state index < -0.39 is 34.9 Å². The van der Waals surface area contributed by atoms with Crippen LogP contribution in [-0.4, -0.2) is 40.0 Å². The van der Waals surface area contributed by atoms with Gasteiger partial charge >= 0.3 is 0 Å². The molecule has 0 unspecified atom stereocenters. The number of hydrogen-bond acceptors (Lipinski definition) is 5. The standard InChI is InChI=1S/C18H21NO5/c1-11(2)8-17-14-18(22,15(21)19-17)13(20)10-16(23-14,24-17)9-12-6-4-3-5-7-12/h3-7,11,14,22H,8-10H2,1-2H3,(H,19,21)/t14-,16+,17+,18+/m1/s1. The summed E-state index contributed by atoms with van der Waals surface area (Å²) in [6, 6.07) is 9.61. The lowest BCUT2D eigenvalue weighted by Gasteiger charge is -2.37. The number of nitrogens with one attached hydrogen (secondary N) is 1. The third kappa shape index (κ3) is 2.00. The molecule has 0 aromatic heterocycles. The Bertz CT molecular complexity index is 705. The van der Waals surface area contributed by atoms with Crippen LogP contribution in [0.5, 0.6) is 0 Å². The summed E-state index contributed by atoms with van der Waals surface area (Å²) in [5.74, 6) is -2.20. The van der Waals surface area contributed by atoms with Gasteiger partial charge in [0, 0.05) is 12.8 Å². The summed E-state index contributed by atoms with van der Waals surface area (Å²) in [7, 11) is 0. The van der Waals surface area contributed by atoms with Crippen LogP contribution >= 0.6 is 0 Å². The second kappa shape index (κ2) is 4.88. The van der Waals surface area contributed by atoms with Gasteiger partial charge < -0.3 is 19.9 Å². The van der Waals surface area contributed by atoms with Crippen molar-refractivity contribution < 1.29 is 24.2 Å². The Balaban J connectivity index is 1.74. The minimum atomic E-state index is -2.15. The van der Waals surface area contributed by atoms with Crippen LogP contribution in [-0.2, 0) is 25.5 Å². The molecule has 1 amide bonds. The number of carbonyl (C=O) groups is 2. The average Bonchev–Trinajstić information content (AvgIpc) is 2.86. The largest absolute Gasteiger partial charge is 0.371 e. The maximum absolute atomic E-state index is 12.6. The van der Waals surface area contributed by atoms with E-state index in [0.717, 1.165) is 5.56 Å². The highest BCUT2D eigenvalue weighted by Crippen LogP contribution is 2.54. The average molecular weight is 331 g/mol. The predicted octanol–water partition coefficient (Wildman–Crippen LogP) is 0.917. The molecule has 0 radical (unpaired) electrons. The van der Waals surface area contributed by atoms with E-state index in [0.29, 0.717) is 12.8 Å². The molecule has 3 heterocycles. The molecule has 3 saturated heterocycles. The minimum absolute atomic E-state index is 0.137. The molecule has 3 fully saturated rings. The third-order valence-corrected chi connectivity index (χ3v) is 5.06. The molecule has 3 aliphatic rings. The first kappa shape index (κ1) is 15.7. The van der Waals surface area contributed by atoms with E-state index in [1.165, 1.54) is 0 Å². The van der Waals surface area contributed by atoms with E-state index in [9.17, 15) is 14.7 Å². The second-order valence-electron chi connectivity index (χ2n) is 7.48. The van der Waals surface area contributed by atoms with Crippen molar-refractivity contribution in [3.8, 4) is 0 Å². The number of amides is 1. The first-order valence-corrected chi connectivity index (χ1v) is 8.30. The van der Waals surface area contributed by atoms with E-state index in [-0.39, 0.29) is 12.3 Å². The van der Waals surface area contributed by atoms with Gasteiger partial charge in [-0.25, -0.2) is 0 Å². The van der Waals surface area contributed by atoms with Crippen molar-refractivity contribution >= 4 is 11.7 Å². The quantitative estimate of drug-likeness (QED) is 0.802. The molecular weight excluding hydrogens is 310 g/mol. The van der Waals surface area contributed by atoms with Gasteiger partial charge in [-0.1, -0.05) is 44.2 Å². The molecule has 6 nitrogen and oxygen atoms in total. The summed E-state index contributed by atoms with van der Waals surface area (Å²) in [6.45, 7) is 3.99. The zero-order chi connectivity index (χ0) is 17.2. The Kier molecular flexibility index (Phi) is 3.20. The molecule has 1 aromatic carbocycles. The Labute approximate surface area is 140 Å². The van der Waals surface area contributed by atoms with Gasteiger partial charge in [-0.05, 0) is 11.5 Å². The molecule has 3 aliphatic heterocycles. The number of aliphatic hydroxyl groups is 1. The number of benzene rings is 1. The summed E-state index contributed by atoms with van der Waals surface area (Å²) in [4.78, 5) is 24.9. The van der Waals surface area contributed by atoms with E-state index in [2.05, 4.69) is 5.32 Å². The Morgan fingerprint density at radius 1 is 1.29 bits per heavy atom. The van der Waals surface area contributed by atoms with Crippen LogP contribution < -0.4 is 5.32 Å². The maximum atomic E-state index is 12.6. The van der Waals surface area contributed by atoms with E-state index in [1.807, 2.05) is 44.2 Å². The lowest BCUT2D eigenvalue weighted by atomic mass is 9.82. The normalized spacial score (nSPS) is 40.2. The van der Waals surface area contributed by atoms with Crippen molar-refractivity contribution in [2.45, 2.75) is 56.3 Å². The first-order chi connectivity index (χ1) is 11.3. The second-order valence-corrected chi connectivity index (χ2v) is 7.48. The Morgan fingerprint density at radius 3 is 2.67 bits per heavy atom. The van der Waals surface area contributed by atoms with Crippen LogP contribution in [0.15, 0.2) is 30.3 Å². The molecule has 0 spiro atoms. The number of hydrogen-bond donors (Lipinski definition) is 2. The van der Waals surface area contributed by atoms with Crippen molar-refractivity contribution in [1.29, 1.82) is 0 Å². The molecule has 6 heteroatoms. The highest BCUT2D eigenvalue weighted by atomic mass is 16.8. The highest BCUT2D eigenvalue weighted by molar-refractivity contribution is 6.13. The van der Waals surface area contributed by atoms with Crippen LogP contribution in [0.4, 0.5) is 0 Å². The third-order valence-electron chi connectivity index (χ3n) is 5.06. The molecule has 2 N–H and O–H groups in total. The summed E-state index contributed by atoms with van der Waals surface area (Å²) in [5, 5.41) is 13.5.